The fourth-order valence-electron chi connectivity index (χ4n) is 4.07. The van der Waals surface area contributed by atoms with Gasteiger partial charge in [0.25, 0.3) is 15.9 Å². The molecule has 0 bridgehead atoms. The van der Waals surface area contributed by atoms with Gasteiger partial charge in [-0.1, -0.05) is 47.5 Å². The van der Waals surface area contributed by atoms with E-state index in [4.69, 9.17) is 11.6 Å². The van der Waals surface area contributed by atoms with Crippen LogP contribution in [0.4, 0.5) is 5.69 Å². The molecule has 7 heteroatoms. The van der Waals surface area contributed by atoms with Gasteiger partial charge in [0.05, 0.1) is 21.5 Å². The zero-order valence-electron chi connectivity index (χ0n) is 18.7. The van der Waals surface area contributed by atoms with Crippen LogP contribution >= 0.6 is 11.6 Å². The Bertz CT molecular complexity index is 1290. The number of benzene rings is 3. The molecule has 0 unspecified atom stereocenters. The molecule has 1 aliphatic carbocycles. The number of carbonyl (C=O) groups is 1. The number of halogens is 1. The minimum Gasteiger partial charge on any atom is -0.345 e. The van der Waals surface area contributed by atoms with Crippen LogP contribution in [0.15, 0.2) is 65.6 Å². The minimum absolute atomic E-state index is 0.148. The van der Waals surface area contributed by atoms with E-state index in [0.29, 0.717) is 0 Å². The summed E-state index contributed by atoms with van der Waals surface area (Å²) in [7, 11) is -3.79. The lowest BCUT2D eigenvalue weighted by Gasteiger charge is -2.20. The fraction of sp³-hybridized carbons (Fsp3) is 0.269. The minimum atomic E-state index is -3.79. The number of amides is 1. The van der Waals surface area contributed by atoms with Gasteiger partial charge in [-0.15, -0.1) is 0 Å². The number of nitrogens with one attached hydrogen (secondary N) is 2. The number of hydrogen-bond donors (Lipinski definition) is 2. The number of anilines is 1. The molecule has 33 heavy (non-hydrogen) atoms. The molecule has 0 spiro atoms. The zero-order valence-corrected chi connectivity index (χ0v) is 20.3. The Hall–Kier alpha value is -2.83. The Morgan fingerprint density at radius 2 is 1.64 bits per heavy atom. The third-order valence-corrected chi connectivity index (χ3v) is 7.74. The summed E-state index contributed by atoms with van der Waals surface area (Å²) in [5.41, 5.74) is 5.23. The second kappa shape index (κ2) is 9.57. The molecule has 3 aromatic carbocycles. The van der Waals surface area contributed by atoms with Gasteiger partial charge in [0.15, 0.2) is 0 Å². The average molecular weight is 483 g/mol. The molecule has 1 atom stereocenters. The number of rotatable bonds is 6. The molecular formula is C26H27ClN2O3S. The molecular weight excluding hydrogens is 456 g/mol. The van der Waals surface area contributed by atoms with Gasteiger partial charge in [-0.2, -0.15) is 0 Å². The Morgan fingerprint density at radius 3 is 2.36 bits per heavy atom. The lowest BCUT2D eigenvalue weighted by molar-refractivity contribution is 0.0940. The Balaban J connectivity index is 1.51. The molecule has 0 radical (unpaired) electrons. The first kappa shape index (κ1) is 23.3. The summed E-state index contributed by atoms with van der Waals surface area (Å²) < 4.78 is 28.0. The van der Waals surface area contributed by atoms with Crippen molar-refractivity contribution in [1.29, 1.82) is 0 Å². The van der Waals surface area contributed by atoms with E-state index in [-0.39, 0.29) is 33.1 Å². The molecule has 172 valence electrons. The molecule has 1 aliphatic rings. The van der Waals surface area contributed by atoms with Crippen molar-refractivity contribution >= 4 is 33.2 Å². The highest BCUT2D eigenvalue weighted by atomic mass is 35.5. The first-order valence-corrected chi connectivity index (χ1v) is 12.9. The van der Waals surface area contributed by atoms with E-state index in [0.717, 1.165) is 24.0 Å². The second-order valence-corrected chi connectivity index (χ2v) is 10.6. The first-order valence-electron chi connectivity index (χ1n) is 11.0. The Morgan fingerprint density at radius 1 is 0.939 bits per heavy atom. The predicted molar refractivity (Wildman–Crippen MR) is 132 cm³/mol. The quantitative estimate of drug-likeness (QED) is 0.465. The summed E-state index contributed by atoms with van der Waals surface area (Å²) in [5.74, 6) is -0.360. The molecule has 0 aromatic heterocycles. The first-order chi connectivity index (χ1) is 15.7. The highest BCUT2D eigenvalue weighted by molar-refractivity contribution is 7.92. The number of fused-ring (bicyclic) bond motifs is 1. The van der Waals surface area contributed by atoms with Crippen molar-refractivity contribution < 1.29 is 13.2 Å². The Kier molecular flexibility index (Phi) is 6.77. The molecule has 0 saturated heterocycles. The van der Waals surface area contributed by atoms with Gasteiger partial charge in [-0.05, 0) is 86.6 Å². The van der Waals surface area contributed by atoms with E-state index in [1.807, 2.05) is 13.8 Å². The van der Waals surface area contributed by atoms with E-state index in [2.05, 4.69) is 28.2 Å². The molecule has 3 aromatic rings. The van der Waals surface area contributed by atoms with Crippen LogP contribution in [0.1, 0.15) is 58.4 Å². The highest BCUT2D eigenvalue weighted by Crippen LogP contribution is 2.27. The van der Waals surface area contributed by atoms with Crippen LogP contribution in [0, 0.1) is 6.92 Å². The van der Waals surface area contributed by atoms with Gasteiger partial charge in [-0.3, -0.25) is 9.52 Å². The van der Waals surface area contributed by atoms with Gasteiger partial charge in [0.2, 0.25) is 0 Å². The number of sulfonamides is 1. The summed E-state index contributed by atoms with van der Waals surface area (Å²) in [5, 5.41) is 3.24. The van der Waals surface area contributed by atoms with Crippen LogP contribution in [-0.4, -0.2) is 14.3 Å². The van der Waals surface area contributed by atoms with E-state index < -0.39 is 10.0 Å². The maximum atomic E-state index is 13.0. The van der Waals surface area contributed by atoms with Crippen molar-refractivity contribution in [2.45, 2.75) is 50.5 Å². The van der Waals surface area contributed by atoms with Crippen LogP contribution in [-0.2, 0) is 22.9 Å². The Labute approximate surface area is 200 Å². The summed E-state index contributed by atoms with van der Waals surface area (Å²) in [4.78, 5) is 13.1. The van der Waals surface area contributed by atoms with Crippen molar-refractivity contribution in [2.75, 3.05) is 4.72 Å². The SMILES string of the molecule is Cc1ccc(S(=O)(=O)Nc2ccc(Cl)c(C(=O)N[C@@H](C)c3ccc4c(c3)CCCC4)c2)cc1. The molecule has 0 aliphatic heterocycles. The molecule has 0 heterocycles. The topological polar surface area (TPSA) is 75.3 Å². The smallest absolute Gasteiger partial charge is 0.261 e. The average Bonchev–Trinajstić information content (AvgIpc) is 2.80. The molecule has 0 saturated carbocycles. The van der Waals surface area contributed by atoms with E-state index >= 15 is 0 Å². The largest absolute Gasteiger partial charge is 0.345 e. The van der Waals surface area contributed by atoms with Crippen LogP contribution in [0.5, 0.6) is 0 Å². The van der Waals surface area contributed by atoms with Crippen molar-refractivity contribution in [3.05, 3.63) is 93.5 Å². The molecule has 5 nitrogen and oxygen atoms in total. The lowest BCUT2D eigenvalue weighted by atomic mass is 9.89. The van der Waals surface area contributed by atoms with Gasteiger partial charge < -0.3 is 5.32 Å². The van der Waals surface area contributed by atoms with Crippen LogP contribution < -0.4 is 10.0 Å². The standard InChI is InChI=1S/C26H27ClN2O3S/c1-17-7-12-23(13-8-17)33(31,32)29-22-11-14-25(27)24(16-22)26(30)28-18(2)20-10-9-19-5-3-4-6-21(19)15-20/h7-16,18,29H,3-6H2,1-2H3,(H,28,30)/t18-/m0/s1. The van der Waals surface area contributed by atoms with E-state index in [1.54, 1.807) is 24.3 Å². The summed E-state index contributed by atoms with van der Waals surface area (Å²) in [6.45, 7) is 3.82. The van der Waals surface area contributed by atoms with Crippen molar-refractivity contribution in [3.8, 4) is 0 Å². The molecule has 1 amide bonds. The lowest BCUT2D eigenvalue weighted by Crippen LogP contribution is -2.27. The third-order valence-electron chi connectivity index (χ3n) is 6.01. The van der Waals surface area contributed by atoms with Crippen molar-refractivity contribution in [2.24, 2.45) is 0 Å². The van der Waals surface area contributed by atoms with Crippen molar-refractivity contribution in [3.63, 3.8) is 0 Å². The normalized spacial score (nSPS) is 14.3. The highest BCUT2D eigenvalue weighted by Gasteiger charge is 2.19. The van der Waals surface area contributed by atoms with Crippen LogP contribution in [0.25, 0.3) is 0 Å². The maximum Gasteiger partial charge on any atom is 0.261 e. The van der Waals surface area contributed by atoms with Gasteiger partial charge in [-0.25, -0.2) is 8.42 Å². The molecule has 0 fully saturated rings. The van der Waals surface area contributed by atoms with Gasteiger partial charge in [0.1, 0.15) is 0 Å². The van der Waals surface area contributed by atoms with E-state index in [1.165, 1.54) is 42.2 Å². The van der Waals surface area contributed by atoms with Crippen LogP contribution in [0.2, 0.25) is 5.02 Å². The molecule has 2 N–H and O–H groups in total. The number of hydrogen-bond acceptors (Lipinski definition) is 3. The maximum absolute atomic E-state index is 13.0. The van der Waals surface area contributed by atoms with Gasteiger partial charge >= 0.3 is 0 Å². The second-order valence-electron chi connectivity index (χ2n) is 8.54. The van der Waals surface area contributed by atoms with Crippen molar-refractivity contribution in [1.82, 2.24) is 5.32 Å². The third kappa shape index (κ3) is 5.40. The number of aryl methyl sites for hydroxylation is 3. The monoisotopic (exact) mass is 482 g/mol. The zero-order chi connectivity index (χ0) is 23.6. The number of carbonyl (C=O) groups excluding carboxylic acids is 1. The summed E-state index contributed by atoms with van der Waals surface area (Å²) in [6, 6.07) is 17.2. The van der Waals surface area contributed by atoms with Crippen LogP contribution in [0.3, 0.4) is 0 Å². The summed E-state index contributed by atoms with van der Waals surface area (Å²) in [6.07, 6.45) is 4.59. The molecule has 4 rings (SSSR count). The summed E-state index contributed by atoms with van der Waals surface area (Å²) >= 11 is 6.28. The van der Waals surface area contributed by atoms with E-state index in [9.17, 15) is 13.2 Å². The predicted octanol–water partition coefficient (Wildman–Crippen LogP) is 5.82. The fourth-order valence-corrected chi connectivity index (χ4v) is 5.33. The van der Waals surface area contributed by atoms with Gasteiger partial charge in [0, 0.05) is 5.69 Å².